The first-order chi connectivity index (χ1) is 13.4. The van der Waals surface area contributed by atoms with Gasteiger partial charge in [-0.05, 0) is 68.8 Å². The lowest BCUT2D eigenvalue weighted by Crippen LogP contribution is -2.19. The van der Waals surface area contributed by atoms with Gasteiger partial charge in [-0.1, -0.05) is 11.6 Å². The Labute approximate surface area is 173 Å². The molecule has 0 aliphatic heterocycles. The molecular formula is C21H21ClN4OS. The summed E-state index contributed by atoms with van der Waals surface area (Å²) in [6.07, 6.45) is 3.47. The van der Waals surface area contributed by atoms with E-state index in [0.717, 1.165) is 33.2 Å². The monoisotopic (exact) mass is 412 g/mol. The number of carbonyl (C=O) groups excluding carboxylic acids is 1. The quantitative estimate of drug-likeness (QED) is 0.363. The summed E-state index contributed by atoms with van der Waals surface area (Å²) in [5, 5.41) is 4.78. The maximum Gasteiger partial charge on any atom is 0.250 e. The van der Waals surface area contributed by atoms with Crippen molar-refractivity contribution >= 4 is 35.5 Å². The van der Waals surface area contributed by atoms with Gasteiger partial charge in [0.2, 0.25) is 5.91 Å². The molecule has 7 heteroatoms. The maximum atomic E-state index is 12.0. The van der Waals surface area contributed by atoms with Gasteiger partial charge in [-0.25, -0.2) is 10.4 Å². The lowest BCUT2D eigenvalue weighted by atomic mass is 10.2. The van der Waals surface area contributed by atoms with Crippen molar-refractivity contribution in [3.8, 4) is 5.82 Å². The highest BCUT2D eigenvalue weighted by molar-refractivity contribution is 8.00. The summed E-state index contributed by atoms with van der Waals surface area (Å²) in [4.78, 5) is 17.4. The van der Waals surface area contributed by atoms with Crippen LogP contribution in [0.3, 0.4) is 0 Å². The largest absolute Gasteiger partial charge is 0.303 e. The number of carbonyl (C=O) groups is 1. The summed E-state index contributed by atoms with van der Waals surface area (Å²) in [5.74, 6) is 0.994. The number of hydrogen-bond donors (Lipinski definition) is 1. The van der Waals surface area contributed by atoms with Crippen molar-refractivity contribution in [2.45, 2.75) is 25.7 Å². The average molecular weight is 413 g/mol. The molecule has 0 aliphatic rings. The van der Waals surface area contributed by atoms with E-state index in [1.807, 2.05) is 51.1 Å². The number of hydrogen-bond acceptors (Lipinski definition) is 4. The number of hydrazone groups is 1. The van der Waals surface area contributed by atoms with Crippen molar-refractivity contribution in [3.05, 3.63) is 76.2 Å². The van der Waals surface area contributed by atoms with Gasteiger partial charge in [0.05, 0.1) is 12.0 Å². The number of nitrogens with one attached hydrogen (secondary N) is 1. The molecule has 3 aromatic rings. The predicted octanol–water partition coefficient (Wildman–Crippen LogP) is 4.69. The van der Waals surface area contributed by atoms with Gasteiger partial charge in [-0.3, -0.25) is 4.79 Å². The molecule has 1 N–H and O–H groups in total. The number of pyridine rings is 1. The molecule has 144 valence electrons. The van der Waals surface area contributed by atoms with Crippen molar-refractivity contribution in [2.75, 3.05) is 5.75 Å². The van der Waals surface area contributed by atoms with Crippen LogP contribution in [0.25, 0.3) is 5.82 Å². The fourth-order valence-electron chi connectivity index (χ4n) is 2.80. The summed E-state index contributed by atoms with van der Waals surface area (Å²) in [6, 6.07) is 13.4. The molecule has 2 aromatic heterocycles. The molecule has 3 rings (SSSR count). The predicted molar refractivity (Wildman–Crippen MR) is 116 cm³/mol. The number of amides is 1. The lowest BCUT2D eigenvalue weighted by Gasteiger charge is -2.08. The van der Waals surface area contributed by atoms with Gasteiger partial charge >= 0.3 is 0 Å². The topological polar surface area (TPSA) is 59.3 Å². The van der Waals surface area contributed by atoms with Gasteiger partial charge in [0.15, 0.2) is 0 Å². The molecule has 0 saturated heterocycles. The molecule has 28 heavy (non-hydrogen) atoms. The third kappa shape index (κ3) is 5.03. The second-order valence-corrected chi connectivity index (χ2v) is 7.87. The van der Waals surface area contributed by atoms with E-state index in [1.165, 1.54) is 11.8 Å². The molecule has 0 bridgehead atoms. The number of benzene rings is 1. The van der Waals surface area contributed by atoms with Crippen LogP contribution in [0.5, 0.6) is 0 Å². The number of rotatable bonds is 6. The third-order valence-corrected chi connectivity index (χ3v) is 5.44. The molecule has 0 saturated carbocycles. The van der Waals surface area contributed by atoms with E-state index in [0.29, 0.717) is 5.02 Å². The second kappa shape index (κ2) is 9.08. The van der Waals surface area contributed by atoms with E-state index in [2.05, 4.69) is 20.1 Å². The Hall–Kier alpha value is -2.57. The van der Waals surface area contributed by atoms with Crippen LogP contribution in [0.2, 0.25) is 5.02 Å². The van der Waals surface area contributed by atoms with Crippen molar-refractivity contribution in [1.82, 2.24) is 15.0 Å². The summed E-state index contributed by atoms with van der Waals surface area (Å²) in [7, 11) is 0. The minimum Gasteiger partial charge on any atom is -0.303 e. The first kappa shape index (κ1) is 20.2. The molecule has 0 aliphatic carbocycles. The maximum absolute atomic E-state index is 12.0. The van der Waals surface area contributed by atoms with Gasteiger partial charge < -0.3 is 4.57 Å². The number of aryl methyl sites for hydroxylation is 2. The fourth-order valence-corrected chi connectivity index (χ4v) is 3.62. The number of thioether (sulfide) groups is 1. The number of aromatic nitrogens is 2. The van der Waals surface area contributed by atoms with Crippen molar-refractivity contribution in [1.29, 1.82) is 0 Å². The van der Waals surface area contributed by atoms with E-state index in [-0.39, 0.29) is 11.7 Å². The normalized spacial score (nSPS) is 11.1. The molecule has 0 unspecified atom stereocenters. The van der Waals surface area contributed by atoms with Crippen LogP contribution in [-0.2, 0) is 4.79 Å². The molecule has 5 nitrogen and oxygen atoms in total. The van der Waals surface area contributed by atoms with Crippen LogP contribution in [-0.4, -0.2) is 27.4 Å². The second-order valence-electron chi connectivity index (χ2n) is 6.39. The van der Waals surface area contributed by atoms with E-state index in [1.54, 1.807) is 24.5 Å². The van der Waals surface area contributed by atoms with E-state index in [4.69, 9.17) is 11.6 Å². The minimum absolute atomic E-state index is 0.162. The third-order valence-electron chi connectivity index (χ3n) is 4.18. The Kier molecular flexibility index (Phi) is 6.54. The fraction of sp³-hybridized carbons (Fsp3) is 0.190. The molecule has 0 spiro atoms. The summed E-state index contributed by atoms with van der Waals surface area (Å²) in [6.45, 7) is 6.07. The van der Waals surface area contributed by atoms with Crippen LogP contribution in [0.4, 0.5) is 0 Å². The smallest absolute Gasteiger partial charge is 0.250 e. The van der Waals surface area contributed by atoms with Crippen molar-refractivity contribution in [3.63, 3.8) is 0 Å². The van der Waals surface area contributed by atoms with Gasteiger partial charge in [-0.15, -0.1) is 11.8 Å². The standard InChI is InChI=1S/C21H21ClN4OS/c1-14-8-9-23-20(10-14)26-15(2)11-17(16(26)3)12-24-25-21(27)13-28-19-6-4-18(22)5-7-19/h4-12H,13H2,1-3H3,(H,25,27)/b24-12-. The highest BCUT2D eigenvalue weighted by atomic mass is 35.5. The van der Waals surface area contributed by atoms with Crippen LogP contribution >= 0.6 is 23.4 Å². The molecule has 0 atom stereocenters. The number of nitrogens with zero attached hydrogens (tertiary/aromatic N) is 3. The highest BCUT2D eigenvalue weighted by Crippen LogP contribution is 2.20. The van der Waals surface area contributed by atoms with E-state index >= 15 is 0 Å². The van der Waals surface area contributed by atoms with Gasteiger partial charge in [0.1, 0.15) is 5.82 Å². The first-order valence-corrected chi connectivity index (χ1v) is 10.1. The van der Waals surface area contributed by atoms with Crippen molar-refractivity contribution < 1.29 is 4.79 Å². The summed E-state index contributed by atoms with van der Waals surface area (Å²) in [5.41, 5.74) is 6.74. The first-order valence-electron chi connectivity index (χ1n) is 8.76. The van der Waals surface area contributed by atoms with Gasteiger partial charge in [-0.2, -0.15) is 5.10 Å². The average Bonchev–Trinajstić information content (AvgIpc) is 2.95. The zero-order chi connectivity index (χ0) is 20.1. The molecule has 1 amide bonds. The summed E-state index contributed by atoms with van der Waals surface area (Å²) >= 11 is 7.29. The SMILES string of the molecule is Cc1ccnc(-n2c(C)cc(/C=N\NC(=O)CSc3ccc(Cl)cc3)c2C)c1. The Morgan fingerprint density at radius 2 is 1.96 bits per heavy atom. The van der Waals surface area contributed by atoms with E-state index < -0.39 is 0 Å². The van der Waals surface area contributed by atoms with Crippen molar-refractivity contribution in [2.24, 2.45) is 5.10 Å². The molecule has 0 radical (unpaired) electrons. The van der Waals surface area contributed by atoms with Crippen LogP contribution in [0.15, 0.2) is 58.7 Å². The molecule has 1 aromatic carbocycles. The van der Waals surface area contributed by atoms with Gasteiger partial charge in [0, 0.05) is 33.1 Å². The molecular weight excluding hydrogens is 392 g/mol. The minimum atomic E-state index is -0.162. The zero-order valence-electron chi connectivity index (χ0n) is 15.9. The Bertz CT molecular complexity index is 1010. The van der Waals surface area contributed by atoms with Crippen LogP contribution < -0.4 is 5.43 Å². The zero-order valence-corrected chi connectivity index (χ0v) is 17.5. The number of halogens is 1. The highest BCUT2D eigenvalue weighted by Gasteiger charge is 2.10. The Balaban J connectivity index is 1.62. The van der Waals surface area contributed by atoms with Gasteiger partial charge in [0.25, 0.3) is 0 Å². The van der Waals surface area contributed by atoms with E-state index in [9.17, 15) is 4.79 Å². The van der Waals surface area contributed by atoms with Crippen LogP contribution in [0, 0.1) is 20.8 Å². The molecule has 2 heterocycles. The van der Waals surface area contributed by atoms with Crippen LogP contribution in [0.1, 0.15) is 22.5 Å². The summed E-state index contributed by atoms with van der Waals surface area (Å²) < 4.78 is 2.08. The Morgan fingerprint density at radius 1 is 1.21 bits per heavy atom. The molecule has 0 fully saturated rings. The Morgan fingerprint density at radius 3 is 2.68 bits per heavy atom. The lowest BCUT2D eigenvalue weighted by molar-refractivity contribution is -0.118.